The third kappa shape index (κ3) is 9.09. The lowest BCUT2D eigenvalue weighted by Gasteiger charge is -2.26. The fourth-order valence-electron chi connectivity index (χ4n) is 2.27. The Bertz CT molecular complexity index is 233. The van der Waals surface area contributed by atoms with Crippen molar-refractivity contribution in [3.63, 3.8) is 0 Å². The van der Waals surface area contributed by atoms with E-state index >= 15 is 0 Å². The first-order valence-corrected chi connectivity index (χ1v) is 10.8. The van der Waals surface area contributed by atoms with Gasteiger partial charge in [-0.1, -0.05) is 65.5 Å². The summed E-state index contributed by atoms with van der Waals surface area (Å²) in [6.45, 7) is 9.05. The number of unbranched alkanes of at least 4 members (excludes halogenated alkanes) is 5. The summed E-state index contributed by atoms with van der Waals surface area (Å²) >= 11 is 0. The molecule has 19 heavy (non-hydrogen) atoms. The van der Waals surface area contributed by atoms with E-state index in [2.05, 4.69) is 45.9 Å². The molecule has 0 bridgehead atoms. The first-order chi connectivity index (χ1) is 9.24. The van der Waals surface area contributed by atoms with E-state index in [0.717, 1.165) is 0 Å². The highest BCUT2D eigenvalue weighted by molar-refractivity contribution is 6.73. The van der Waals surface area contributed by atoms with Crippen molar-refractivity contribution in [2.45, 2.75) is 84.4 Å². The minimum absolute atomic E-state index is 1.20. The van der Waals surface area contributed by atoms with Gasteiger partial charge in [-0.3, -0.25) is 0 Å². The summed E-state index contributed by atoms with van der Waals surface area (Å²) in [6, 6.07) is 3.64. The van der Waals surface area contributed by atoms with Crippen molar-refractivity contribution < 1.29 is 4.43 Å². The summed E-state index contributed by atoms with van der Waals surface area (Å²) in [5, 5.41) is 0. The molecular formula is C17H34OSi. The maximum Gasteiger partial charge on any atom is 0.249 e. The lowest BCUT2D eigenvalue weighted by Crippen LogP contribution is -2.33. The van der Waals surface area contributed by atoms with Gasteiger partial charge in [-0.25, -0.2) is 0 Å². The van der Waals surface area contributed by atoms with Gasteiger partial charge >= 0.3 is 0 Å². The molecule has 0 spiro atoms. The Kier molecular flexibility index (Phi) is 12.2. The third-order valence-corrected chi connectivity index (χ3v) is 8.55. The quantitative estimate of drug-likeness (QED) is 0.173. The van der Waals surface area contributed by atoms with E-state index in [1.165, 1.54) is 56.7 Å². The van der Waals surface area contributed by atoms with Gasteiger partial charge in [-0.15, -0.1) is 0 Å². The van der Waals surface area contributed by atoms with Crippen molar-refractivity contribution in [3.8, 4) is 0 Å². The molecule has 0 atom stereocenters. The molecule has 0 heterocycles. The molecule has 0 aromatic carbocycles. The molecule has 0 unspecified atom stereocenters. The molecule has 0 saturated heterocycles. The van der Waals surface area contributed by atoms with Crippen molar-refractivity contribution in [2.24, 2.45) is 0 Å². The van der Waals surface area contributed by atoms with Crippen LogP contribution >= 0.6 is 0 Å². The fourth-order valence-corrected chi connectivity index (χ4v) is 4.64. The second-order valence-electron chi connectivity index (χ2n) is 5.32. The molecule has 0 aromatic rings. The van der Waals surface area contributed by atoms with Crippen molar-refractivity contribution in [1.82, 2.24) is 0 Å². The van der Waals surface area contributed by atoms with Gasteiger partial charge in [0.25, 0.3) is 0 Å². The van der Waals surface area contributed by atoms with E-state index in [4.69, 9.17) is 4.43 Å². The van der Waals surface area contributed by atoms with Gasteiger partial charge in [0.2, 0.25) is 8.32 Å². The molecule has 0 amide bonds. The Morgan fingerprint density at radius 2 is 1.42 bits per heavy atom. The van der Waals surface area contributed by atoms with Crippen LogP contribution in [0, 0.1) is 0 Å². The maximum atomic E-state index is 6.04. The first kappa shape index (κ1) is 18.5. The summed E-state index contributed by atoms with van der Waals surface area (Å²) in [5.41, 5.74) is 0. The smallest absolute Gasteiger partial charge is 0.249 e. The van der Waals surface area contributed by atoms with Gasteiger partial charge in [-0.2, -0.15) is 0 Å². The Hall–Kier alpha value is -0.503. The summed E-state index contributed by atoms with van der Waals surface area (Å²) in [4.78, 5) is 0. The van der Waals surface area contributed by atoms with Gasteiger partial charge in [0.1, 0.15) is 0 Å². The van der Waals surface area contributed by atoms with Crippen LogP contribution in [0.5, 0.6) is 0 Å². The zero-order valence-corrected chi connectivity index (χ0v) is 14.6. The summed E-state index contributed by atoms with van der Waals surface area (Å²) in [5.74, 6) is 0. The molecule has 1 nitrogen and oxygen atoms in total. The van der Waals surface area contributed by atoms with Crippen LogP contribution in [0.3, 0.4) is 0 Å². The predicted molar refractivity (Wildman–Crippen MR) is 89.9 cm³/mol. The highest BCUT2D eigenvalue weighted by Crippen LogP contribution is 2.21. The van der Waals surface area contributed by atoms with Gasteiger partial charge in [-0.05, 0) is 37.0 Å². The highest BCUT2D eigenvalue weighted by Gasteiger charge is 2.28. The van der Waals surface area contributed by atoms with Crippen LogP contribution in [0.2, 0.25) is 18.1 Å². The normalized spacial score (nSPS) is 12.6. The minimum Gasteiger partial charge on any atom is -0.549 e. The number of rotatable bonds is 12. The number of allylic oxidation sites excluding steroid dienone is 3. The van der Waals surface area contributed by atoms with Gasteiger partial charge in [0.15, 0.2) is 0 Å². The van der Waals surface area contributed by atoms with Crippen LogP contribution < -0.4 is 0 Å². The van der Waals surface area contributed by atoms with E-state index in [1.807, 2.05) is 6.26 Å². The number of hydrogen-bond acceptors (Lipinski definition) is 1. The van der Waals surface area contributed by atoms with Crippen LogP contribution in [0.1, 0.15) is 66.2 Å². The van der Waals surface area contributed by atoms with Crippen LogP contribution in [-0.4, -0.2) is 8.32 Å². The molecular weight excluding hydrogens is 248 g/mol. The third-order valence-electron chi connectivity index (χ3n) is 4.05. The molecule has 2 heteroatoms. The molecule has 0 saturated carbocycles. The standard InChI is InChI=1S/C17H34OSi/c1-5-9-10-11-12-13-14-15-16-17-18-19(6-2,7-3)8-4/h14-17H,5-13H2,1-4H3/b15-14+,17-16+. The second kappa shape index (κ2) is 12.5. The van der Waals surface area contributed by atoms with Crippen molar-refractivity contribution >= 4 is 8.32 Å². The van der Waals surface area contributed by atoms with Gasteiger partial charge in [0, 0.05) is 0 Å². The lowest BCUT2D eigenvalue weighted by molar-refractivity contribution is 0.458. The molecule has 0 fully saturated rings. The van der Waals surface area contributed by atoms with E-state index < -0.39 is 8.32 Å². The maximum absolute atomic E-state index is 6.04. The average Bonchev–Trinajstić information content (AvgIpc) is 2.46. The van der Waals surface area contributed by atoms with Crippen molar-refractivity contribution in [3.05, 3.63) is 24.5 Å². The molecule has 0 aliphatic heterocycles. The van der Waals surface area contributed by atoms with E-state index in [0.29, 0.717) is 0 Å². The minimum atomic E-state index is -1.43. The molecule has 0 radical (unpaired) electrons. The molecule has 0 aromatic heterocycles. The topological polar surface area (TPSA) is 9.23 Å². The van der Waals surface area contributed by atoms with Crippen LogP contribution in [0.4, 0.5) is 0 Å². The largest absolute Gasteiger partial charge is 0.549 e. The SMILES string of the molecule is CCCCCCC/C=C/C=C/O[Si](CC)(CC)CC. The fraction of sp³-hybridized carbons (Fsp3) is 0.765. The predicted octanol–water partition coefficient (Wildman–Crippen LogP) is 6.44. The first-order valence-electron chi connectivity index (χ1n) is 8.24. The summed E-state index contributed by atoms with van der Waals surface area (Å²) in [6.07, 6.45) is 16.4. The Balaban J connectivity index is 3.71. The van der Waals surface area contributed by atoms with E-state index in [9.17, 15) is 0 Å². The lowest BCUT2D eigenvalue weighted by atomic mass is 10.1. The Labute approximate surface area is 122 Å². The Morgan fingerprint density at radius 1 is 0.789 bits per heavy atom. The van der Waals surface area contributed by atoms with Gasteiger partial charge in [0.05, 0.1) is 6.26 Å². The zero-order valence-electron chi connectivity index (χ0n) is 13.6. The number of hydrogen-bond donors (Lipinski definition) is 0. The van der Waals surface area contributed by atoms with Gasteiger partial charge < -0.3 is 4.43 Å². The zero-order chi connectivity index (χ0) is 14.4. The molecule has 0 aliphatic rings. The Morgan fingerprint density at radius 3 is 2.00 bits per heavy atom. The second-order valence-corrected chi connectivity index (χ2v) is 10.0. The molecule has 0 N–H and O–H groups in total. The van der Waals surface area contributed by atoms with Crippen LogP contribution in [0.15, 0.2) is 24.5 Å². The molecule has 112 valence electrons. The summed E-state index contributed by atoms with van der Waals surface area (Å²) in [7, 11) is -1.43. The molecule has 0 rings (SSSR count). The van der Waals surface area contributed by atoms with E-state index in [-0.39, 0.29) is 0 Å². The van der Waals surface area contributed by atoms with E-state index in [1.54, 1.807) is 0 Å². The average molecular weight is 283 g/mol. The van der Waals surface area contributed by atoms with Crippen molar-refractivity contribution in [2.75, 3.05) is 0 Å². The van der Waals surface area contributed by atoms with Crippen molar-refractivity contribution in [1.29, 1.82) is 0 Å². The highest BCUT2D eigenvalue weighted by atomic mass is 28.4. The molecule has 0 aliphatic carbocycles. The monoisotopic (exact) mass is 282 g/mol. The summed E-state index contributed by atoms with van der Waals surface area (Å²) < 4.78 is 6.04. The van der Waals surface area contributed by atoms with Crippen LogP contribution in [0.25, 0.3) is 0 Å². The van der Waals surface area contributed by atoms with Crippen LogP contribution in [-0.2, 0) is 4.43 Å².